The van der Waals surface area contributed by atoms with Crippen molar-refractivity contribution in [3.8, 4) is 23.3 Å². The van der Waals surface area contributed by atoms with Crippen molar-refractivity contribution in [2.45, 2.75) is 19.3 Å². The van der Waals surface area contributed by atoms with Crippen molar-refractivity contribution in [2.24, 2.45) is 0 Å². The van der Waals surface area contributed by atoms with Crippen LogP contribution in [0.4, 0.5) is 5.69 Å². The highest BCUT2D eigenvalue weighted by Gasteiger charge is 2.27. The van der Waals surface area contributed by atoms with Gasteiger partial charge in [0.15, 0.2) is 0 Å². The third kappa shape index (κ3) is 1.95. The molecule has 4 heteroatoms. The maximum atomic E-state index is 9.52. The monoisotopic (exact) mass is 293 g/mol. The van der Waals surface area contributed by atoms with Crippen molar-refractivity contribution in [1.29, 1.82) is 10.5 Å². The molecule has 0 saturated carbocycles. The van der Waals surface area contributed by atoms with Crippen LogP contribution >= 0.6 is 11.6 Å². The van der Waals surface area contributed by atoms with E-state index in [-0.39, 0.29) is 5.69 Å². The number of nitriles is 2. The van der Waals surface area contributed by atoms with Crippen LogP contribution in [0, 0.1) is 22.7 Å². The molecule has 0 atom stereocenters. The van der Waals surface area contributed by atoms with Crippen LogP contribution in [0.25, 0.3) is 11.1 Å². The van der Waals surface area contributed by atoms with Crippen LogP contribution in [0.15, 0.2) is 24.3 Å². The summed E-state index contributed by atoms with van der Waals surface area (Å²) in [6.45, 7) is 0. The zero-order valence-electron chi connectivity index (χ0n) is 11.3. The van der Waals surface area contributed by atoms with E-state index in [1.165, 1.54) is 0 Å². The number of rotatable bonds is 1. The summed E-state index contributed by atoms with van der Waals surface area (Å²) in [4.78, 5) is 0. The van der Waals surface area contributed by atoms with Gasteiger partial charge in [-0.25, -0.2) is 0 Å². The van der Waals surface area contributed by atoms with E-state index in [0.717, 1.165) is 41.5 Å². The first-order chi connectivity index (χ1) is 10.2. The van der Waals surface area contributed by atoms with E-state index in [4.69, 9.17) is 17.3 Å². The normalized spacial score (nSPS) is 12.5. The molecule has 0 heterocycles. The zero-order valence-corrected chi connectivity index (χ0v) is 12.0. The molecule has 3 rings (SSSR count). The van der Waals surface area contributed by atoms with Gasteiger partial charge in [-0.3, -0.25) is 0 Å². The predicted molar refractivity (Wildman–Crippen MR) is 82.8 cm³/mol. The van der Waals surface area contributed by atoms with Crippen LogP contribution < -0.4 is 5.73 Å². The highest BCUT2D eigenvalue weighted by atomic mass is 35.5. The van der Waals surface area contributed by atoms with Crippen molar-refractivity contribution in [1.82, 2.24) is 0 Å². The van der Waals surface area contributed by atoms with Crippen LogP contribution in [0.1, 0.15) is 28.7 Å². The average Bonchev–Trinajstić information content (AvgIpc) is 2.96. The molecule has 0 aromatic heterocycles. The maximum Gasteiger partial charge on any atom is 0.102 e. The molecule has 102 valence electrons. The Hall–Kier alpha value is -2.49. The van der Waals surface area contributed by atoms with Crippen LogP contribution in [-0.4, -0.2) is 0 Å². The molecule has 21 heavy (non-hydrogen) atoms. The highest BCUT2D eigenvalue weighted by Crippen LogP contribution is 2.42. The summed E-state index contributed by atoms with van der Waals surface area (Å²) in [5, 5.41) is 19.5. The molecule has 0 unspecified atom stereocenters. The summed E-state index contributed by atoms with van der Waals surface area (Å²) in [7, 11) is 0. The molecule has 2 N–H and O–H groups in total. The molecule has 0 aliphatic heterocycles. The second kappa shape index (κ2) is 5.13. The van der Waals surface area contributed by atoms with Gasteiger partial charge in [0.1, 0.15) is 12.1 Å². The Morgan fingerprint density at radius 3 is 2.33 bits per heavy atom. The van der Waals surface area contributed by atoms with Crippen LogP contribution in [0.2, 0.25) is 5.02 Å². The Morgan fingerprint density at radius 2 is 1.67 bits per heavy atom. The fourth-order valence-electron chi connectivity index (χ4n) is 3.07. The lowest BCUT2D eigenvalue weighted by Gasteiger charge is -2.16. The van der Waals surface area contributed by atoms with Crippen molar-refractivity contribution in [3.63, 3.8) is 0 Å². The van der Waals surface area contributed by atoms with Gasteiger partial charge in [-0.1, -0.05) is 29.8 Å². The topological polar surface area (TPSA) is 73.6 Å². The van der Waals surface area contributed by atoms with Crippen molar-refractivity contribution in [3.05, 3.63) is 51.5 Å². The summed E-state index contributed by atoms with van der Waals surface area (Å²) in [6, 6.07) is 11.7. The molecular formula is C17H12ClN3. The van der Waals surface area contributed by atoms with Crippen LogP contribution in [0.5, 0.6) is 0 Å². The minimum atomic E-state index is 0.274. The lowest BCUT2D eigenvalue weighted by atomic mass is 9.88. The third-order valence-electron chi connectivity index (χ3n) is 3.98. The summed E-state index contributed by atoms with van der Waals surface area (Å²) in [6.07, 6.45) is 2.64. The number of benzene rings is 2. The molecular weight excluding hydrogens is 282 g/mol. The van der Waals surface area contributed by atoms with Gasteiger partial charge < -0.3 is 5.73 Å². The first kappa shape index (κ1) is 13.5. The Balaban J connectivity index is 2.45. The lowest BCUT2D eigenvalue weighted by molar-refractivity contribution is 0.911. The fourth-order valence-corrected chi connectivity index (χ4v) is 3.30. The zero-order chi connectivity index (χ0) is 15.0. The molecule has 0 saturated heterocycles. The molecule has 2 aromatic carbocycles. The minimum absolute atomic E-state index is 0.274. The molecule has 0 spiro atoms. The summed E-state index contributed by atoms with van der Waals surface area (Å²) in [5.41, 5.74) is 10.8. The minimum Gasteiger partial charge on any atom is -0.397 e. The third-order valence-corrected chi connectivity index (χ3v) is 4.31. The number of nitrogen functional groups attached to an aromatic ring is 1. The van der Waals surface area contributed by atoms with E-state index >= 15 is 0 Å². The number of halogens is 1. The number of nitrogens with two attached hydrogens (primary N) is 1. The van der Waals surface area contributed by atoms with Crippen LogP contribution in [-0.2, 0) is 12.8 Å². The van der Waals surface area contributed by atoms with Gasteiger partial charge in [-0.2, -0.15) is 10.5 Å². The van der Waals surface area contributed by atoms with Gasteiger partial charge in [0.25, 0.3) is 0 Å². The average molecular weight is 294 g/mol. The van der Waals surface area contributed by atoms with Gasteiger partial charge in [-0.15, -0.1) is 0 Å². The van der Waals surface area contributed by atoms with Gasteiger partial charge in [0.2, 0.25) is 0 Å². The van der Waals surface area contributed by atoms with Crippen molar-refractivity contribution >= 4 is 17.3 Å². The fraction of sp³-hybridized carbons (Fsp3) is 0.176. The van der Waals surface area contributed by atoms with Crippen molar-refractivity contribution < 1.29 is 0 Å². The molecule has 2 aromatic rings. The Kier molecular flexibility index (Phi) is 3.29. The van der Waals surface area contributed by atoms with E-state index in [0.29, 0.717) is 16.1 Å². The van der Waals surface area contributed by atoms with Gasteiger partial charge >= 0.3 is 0 Å². The Morgan fingerprint density at radius 1 is 1.00 bits per heavy atom. The van der Waals surface area contributed by atoms with E-state index in [9.17, 15) is 10.5 Å². The van der Waals surface area contributed by atoms with E-state index in [1.54, 1.807) is 6.07 Å². The SMILES string of the molecule is N#Cc1c(N)c(C#N)c(-c2ccccc2Cl)c2c1CCC2. The number of anilines is 1. The van der Waals surface area contributed by atoms with Gasteiger partial charge in [0, 0.05) is 16.1 Å². The van der Waals surface area contributed by atoms with E-state index in [1.807, 2.05) is 18.2 Å². The summed E-state index contributed by atoms with van der Waals surface area (Å²) < 4.78 is 0. The number of hydrogen-bond acceptors (Lipinski definition) is 3. The Bertz CT molecular complexity index is 822. The predicted octanol–water partition coefficient (Wildman–Crippen LogP) is 3.82. The highest BCUT2D eigenvalue weighted by molar-refractivity contribution is 6.33. The lowest BCUT2D eigenvalue weighted by Crippen LogP contribution is -2.04. The molecule has 3 nitrogen and oxygen atoms in total. The molecule has 0 fully saturated rings. The van der Waals surface area contributed by atoms with E-state index < -0.39 is 0 Å². The number of nitrogens with zero attached hydrogens (tertiary/aromatic N) is 2. The quantitative estimate of drug-likeness (QED) is 0.812. The second-order valence-electron chi connectivity index (χ2n) is 5.05. The molecule has 1 aliphatic rings. The molecule has 0 amide bonds. The number of hydrogen-bond donors (Lipinski definition) is 1. The van der Waals surface area contributed by atoms with Gasteiger partial charge in [-0.05, 0) is 36.5 Å². The van der Waals surface area contributed by atoms with Crippen LogP contribution in [0.3, 0.4) is 0 Å². The second-order valence-corrected chi connectivity index (χ2v) is 5.46. The molecule has 1 aliphatic carbocycles. The summed E-state index contributed by atoms with van der Waals surface area (Å²) in [5.74, 6) is 0. The summed E-state index contributed by atoms with van der Waals surface area (Å²) >= 11 is 6.30. The van der Waals surface area contributed by atoms with Crippen molar-refractivity contribution in [2.75, 3.05) is 5.73 Å². The maximum absolute atomic E-state index is 9.52. The largest absolute Gasteiger partial charge is 0.397 e. The number of fused-ring (bicyclic) bond motifs is 1. The van der Waals surface area contributed by atoms with Gasteiger partial charge in [0.05, 0.1) is 16.8 Å². The van der Waals surface area contributed by atoms with E-state index in [2.05, 4.69) is 12.1 Å². The molecule has 0 bridgehead atoms. The Labute approximate surface area is 128 Å². The standard InChI is InChI=1S/C17H12ClN3/c18-15-7-2-1-4-12(15)16-11-6-3-5-10(11)13(8-19)17(21)14(16)9-20/h1-2,4,7H,3,5-6,21H2. The molecule has 0 radical (unpaired) electrons. The smallest absolute Gasteiger partial charge is 0.102 e. The first-order valence-electron chi connectivity index (χ1n) is 6.71. The first-order valence-corrected chi connectivity index (χ1v) is 7.09.